The molecule has 0 aromatic heterocycles. The van der Waals surface area contributed by atoms with Crippen molar-refractivity contribution in [1.29, 1.82) is 0 Å². The first kappa shape index (κ1) is 12.2. The monoisotopic (exact) mass is 244 g/mol. The van der Waals surface area contributed by atoms with Crippen molar-refractivity contribution in [2.24, 2.45) is 0 Å². The molecule has 1 aliphatic heterocycles. The Balaban J connectivity index is 1.47. The van der Waals surface area contributed by atoms with Crippen LogP contribution < -0.4 is 10.6 Å². The molecular formula is C16H24N2. The average molecular weight is 244 g/mol. The molecule has 1 heterocycles. The van der Waals surface area contributed by atoms with Crippen LogP contribution in [0, 0.1) is 0 Å². The summed E-state index contributed by atoms with van der Waals surface area (Å²) >= 11 is 0. The van der Waals surface area contributed by atoms with Crippen LogP contribution in [0.3, 0.4) is 0 Å². The van der Waals surface area contributed by atoms with E-state index in [2.05, 4.69) is 34.9 Å². The molecule has 0 amide bonds. The summed E-state index contributed by atoms with van der Waals surface area (Å²) in [4.78, 5) is 0. The van der Waals surface area contributed by atoms with Crippen LogP contribution in [-0.4, -0.2) is 19.1 Å². The fourth-order valence-electron chi connectivity index (χ4n) is 3.08. The fourth-order valence-corrected chi connectivity index (χ4v) is 3.08. The Morgan fingerprint density at radius 3 is 2.94 bits per heavy atom. The molecule has 2 aliphatic rings. The molecule has 18 heavy (non-hydrogen) atoms. The third-order valence-electron chi connectivity index (χ3n) is 4.42. The summed E-state index contributed by atoms with van der Waals surface area (Å²) in [6.45, 7) is 2.32. The van der Waals surface area contributed by atoms with Gasteiger partial charge in [-0.05, 0) is 56.3 Å². The van der Waals surface area contributed by atoms with Crippen molar-refractivity contribution in [3.05, 3.63) is 35.4 Å². The van der Waals surface area contributed by atoms with Gasteiger partial charge in [0, 0.05) is 12.1 Å². The molecule has 2 N–H and O–H groups in total. The van der Waals surface area contributed by atoms with Gasteiger partial charge in [0.25, 0.3) is 0 Å². The minimum Gasteiger partial charge on any atom is -0.314 e. The molecule has 3 rings (SSSR count). The van der Waals surface area contributed by atoms with Crippen molar-refractivity contribution in [2.45, 2.75) is 50.6 Å². The topological polar surface area (TPSA) is 24.1 Å². The lowest BCUT2D eigenvalue weighted by Gasteiger charge is -2.29. The Morgan fingerprint density at radius 1 is 1.22 bits per heavy atom. The SMILES string of the molecule is c1ccc2c(c1)CCNC2CCCNC1CCC1. The van der Waals surface area contributed by atoms with E-state index in [1.807, 2.05) is 0 Å². The number of fused-ring (bicyclic) bond motifs is 1. The molecule has 1 fully saturated rings. The molecule has 1 aromatic carbocycles. The number of hydrogen-bond donors (Lipinski definition) is 2. The van der Waals surface area contributed by atoms with Gasteiger partial charge in [0.1, 0.15) is 0 Å². The summed E-state index contributed by atoms with van der Waals surface area (Å²) in [6, 6.07) is 10.3. The number of benzene rings is 1. The van der Waals surface area contributed by atoms with Gasteiger partial charge in [-0.15, -0.1) is 0 Å². The zero-order valence-corrected chi connectivity index (χ0v) is 11.1. The number of hydrogen-bond acceptors (Lipinski definition) is 2. The molecule has 2 heteroatoms. The molecule has 1 aromatic rings. The second-order valence-electron chi connectivity index (χ2n) is 5.68. The second-order valence-corrected chi connectivity index (χ2v) is 5.68. The van der Waals surface area contributed by atoms with Gasteiger partial charge in [-0.1, -0.05) is 30.7 Å². The van der Waals surface area contributed by atoms with Crippen LogP contribution in [0.4, 0.5) is 0 Å². The summed E-state index contributed by atoms with van der Waals surface area (Å²) < 4.78 is 0. The summed E-state index contributed by atoms with van der Waals surface area (Å²) in [7, 11) is 0. The lowest BCUT2D eigenvalue weighted by molar-refractivity contribution is 0.332. The van der Waals surface area contributed by atoms with E-state index < -0.39 is 0 Å². The Hall–Kier alpha value is -0.860. The fraction of sp³-hybridized carbons (Fsp3) is 0.625. The first-order valence-corrected chi connectivity index (χ1v) is 7.48. The van der Waals surface area contributed by atoms with E-state index in [1.165, 1.54) is 50.6 Å². The van der Waals surface area contributed by atoms with Crippen molar-refractivity contribution in [1.82, 2.24) is 10.6 Å². The smallest absolute Gasteiger partial charge is 0.0323 e. The van der Waals surface area contributed by atoms with Crippen LogP contribution in [0.25, 0.3) is 0 Å². The van der Waals surface area contributed by atoms with Gasteiger partial charge in [0.05, 0.1) is 0 Å². The van der Waals surface area contributed by atoms with E-state index in [4.69, 9.17) is 0 Å². The van der Waals surface area contributed by atoms with E-state index in [0.29, 0.717) is 6.04 Å². The van der Waals surface area contributed by atoms with E-state index in [9.17, 15) is 0 Å². The van der Waals surface area contributed by atoms with Crippen LogP contribution >= 0.6 is 0 Å². The zero-order chi connectivity index (χ0) is 12.2. The third kappa shape index (κ3) is 2.76. The predicted molar refractivity (Wildman–Crippen MR) is 75.8 cm³/mol. The van der Waals surface area contributed by atoms with Crippen LogP contribution in [-0.2, 0) is 6.42 Å². The largest absolute Gasteiger partial charge is 0.314 e. The van der Waals surface area contributed by atoms with Gasteiger partial charge in [0.15, 0.2) is 0 Å². The van der Waals surface area contributed by atoms with E-state index in [0.717, 1.165) is 12.6 Å². The van der Waals surface area contributed by atoms with Crippen molar-refractivity contribution in [2.75, 3.05) is 13.1 Å². The Bertz CT molecular complexity index is 384. The summed E-state index contributed by atoms with van der Waals surface area (Å²) in [5.74, 6) is 0. The van der Waals surface area contributed by atoms with Gasteiger partial charge in [-0.2, -0.15) is 0 Å². The van der Waals surface area contributed by atoms with Crippen molar-refractivity contribution >= 4 is 0 Å². The van der Waals surface area contributed by atoms with Crippen LogP contribution in [0.5, 0.6) is 0 Å². The van der Waals surface area contributed by atoms with Gasteiger partial charge < -0.3 is 10.6 Å². The van der Waals surface area contributed by atoms with E-state index in [1.54, 1.807) is 5.56 Å². The normalized spacial score (nSPS) is 23.4. The minimum atomic E-state index is 0.582. The van der Waals surface area contributed by atoms with E-state index >= 15 is 0 Å². The maximum Gasteiger partial charge on any atom is 0.0323 e. The minimum absolute atomic E-state index is 0.582. The highest BCUT2D eigenvalue weighted by atomic mass is 14.9. The van der Waals surface area contributed by atoms with Crippen molar-refractivity contribution in [3.8, 4) is 0 Å². The lowest BCUT2D eigenvalue weighted by atomic mass is 9.91. The summed E-state index contributed by atoms with van der Waals surface area (Å²) in [5, 5.41) is 7.32. The number of nitrogens with one attached hydrogen (secondary N) is 2. The molecule has 0 spiro atoms. The average Bonchev–Trinajstić information content (AvgIpc) is 2.36. The Morgan fingerprint density at radius 2 is 2.11 bits per heavy atom. The first-order chi connectivity index (χ1) is 8.93. The molecule has 1 aliphatic carbocycles. The molecule has 2 nitrogen and oxygen atoms in total. The molecule has 1 unspecified atom stereocenters. The zero-order valence-electron chi connectivity index (χ0n) is 11.1. The molecule has 1 atom stereocenters. The lowest BCUT2D eigenvalue weighted by Crippen LogP contribution is -2.36. The van der Waals surface area contributed by atoms with Gasteiger partial charge >= 0.3 is 0 Å². The quantitative estimate of drug-likeness (QED) is 0.778. The maximum atomic E-state index is 3.66. The van der Waals surface area contributed by atoms with Crippen molar-refractivity contribution in [3.63, 3.8) is 0 Å². The first-order valence-electron chi connectivity index (χ1n) is 7.48. The maximum absolute atomic E-state index is 3.66. The molecule has 0 bridgehead atoms. The molecular weight excluding hydrogens is 220 g/mol. The summed E-state index contributed by atoms with van der Waals surface area (Å²) in [6.07, 6.45) is 7.94. The molecule has 98 valence electrons. The Labute approximate surface area is 110 Å². The molecule has 0 saturated heterocycles. The van der Waals surface area contributed by atoms with Gasteiger partial charge in [-0.3, -0.25) is 0 Å². The highest BCUT2D eigenvalue weighted by Gasteiger charge is 2.19. The highest BCUT2D eigenvalue weighted by molar-refractivity contribution is 5.32. The molecule has 1 saturated carbocycles. The summed E-state index contributed by atoms with van der Waals surface area (Å²) in [5.41, 5.74) is 3.08. The van der Waals surface area contributed by atoms with Gasteiger partial charge in [-0.25, -0.2) is 0 Å². The highest BCUT2D eigenvalue weighted by Crippen LogP contribution is 2.26. The van der Waals surface area contributed by atoms with Crippen LogP contribution in [0.15, 0.2) is 24.3 Å². The second kappa shape index (κ2) is 5.85. The van der Waals surface area contributed by atoms with Crippen LogP contribution in [0.1, 0.15) is 49.3 Å². The number of rotatable bonds is 5. The van der Waals surface area contributed by atoms with Gasteiger partial charge in [0.2, 0.25) is 0 Å². The van der Waals surface area contributed by atoms with E-state index in [-0.39, 0.29) is 0 Å². The third-order valence-corrected chi connectivity index (χ3v) is 4.42. The Kier molecular flexibility index (Phi) is 3.96. The molecule has 0 radical (unpaired) electrons. The van der Waals surface area contributed by atoms with Crippen LogP contribution in [0.2, 0.25) is 0 Å². The standard InChI is InChI=1S/C16H24N2/c1-2-8-15-13(5-1)10-12-18-16(15)9-4-11-17-14-6-3-7-14/h1-2,5,8,14,16-18H,3-4,6-7,9-12H2. The van der Waals surface area contributed by atoms with Crippen molar-refractivity contribution < 1.29 is 0 Å². The predicted octanol–water partition coefficient (Wildman–Crippen LogP) is 2.80.